The number of benzene rings is 1. The molecule has 0 radical (unpaired) electrons. The van der Waals surface area contributed by atoms with Crippen LogP contribution in [0, 0.1) is 6.92 Å². The molecule has 0 unspecified atom stereocenters. The van der Waals surface area contributed by atoms with Crippen molar-refractivity contribution in [3.8, 4) is 0 Å². The first-order valence-corrected chi connectivity index (χ1v) is 9.19. The van der Waals surface area contributed by atoms with Gasteiger partial charge in [-0.05, 0) is 52.3 Å². The van der Waals surface area contributed by atoms with Gasteiger partial charge in [0.2, 0.25) is 0 Å². The largest absolute Gasteiger partial charge is 0.444 e. The van der Waals surface area contributed by atoms with E-state index in [-0.39, 0.29) is 5.56 Å². The van der Waals surface area contributed by atoms with E-state index in [1.807, 2.05) is 39.8 Å². The molecule has 0 spiro atoms. The average Bonchev–Trinajstić information content (AvgIpc) is 2.95. The second kappa shape index (κ2) is 7.23. The summed E-state index contributed by atoms with van der Waals surface area (Å²) in [5, 5.41) is 11.8. The van der Waals surface area contributed by atoms with Gasteiger partial charge >= 0.3 is 6.09 Å². The van der Waals surface area contributed by atoms with Gasteiger partial charge in [0.15, 0.2) is 0 Å². The topological polar surface area (TPSA) is 89.0 Å². The fourth-order valence-corrected chi connectivity index (χ4v) is 3.20. The second-order valence-electron chi connectivity index (χ2n) is 7.47. The van der Waals surface area contributed by atoms with Crippen LogP contribution in [0.4, 0.5) is 4.79 Å². The molecule has 2 heterocycles. The highest BCUT2D eigenvalue weighted by atomic mass is 35.5. The number of carbonyl (C=O) groups is 1. The average molecular weight is 391 g/mol. The molecule has 0 aliphatic heterocycles. The van der Waals surface area contributed by atoms with E-state index < -0.39 is 11.7 Å². The molecule has 0 aliphatic carbocycles. The van der Waals surface area contributed by atoms with Crippen molar-refractivity contribution in [2.24, 2.45) is 0 Å². The number of hydrogen-bond donors (Lipinski definition) is 2. The van der Waals surface area contributed by atoms with E-state index in [1.54, 1.807) is 10.6 Å². The summed E-state index contributed by atoms with van der Waals surface area (Å²) < 4.78 is 6.92. The third-order valence-corrected chi connectivity index (χ3v) is 4.37. The smallest absolute Gasteiger partial charge is 0.407 e. The molecular weight excluding hydrogens is 368 g/mol. The number of nitrogens with one attached hydrogen (secondary N) is 2. The lowest BCUT2D eigenvalue weighted by atomic mass is 10.1. The van der Waals surface area contributed by atoms with Gasteiger partial charge in [-0.2, -0.15) is 5.10 Å². The molecule has 3 rings (SSSR count). The van der Waals surface area contributed by atoms with E-state index in [2.05, 4.69) is 15.5 Å². The number of amides is 1. The first-order valence-electron chi connectivity index (χ1n) is 8.81. The number of nitrogens with zero attached hydrogens (tertiary/aromatic N) is 2. The van der Waals surface area contributed by atoms with Gasteiger partial charge in [-0.15, -0.1) is 0 Å². The normalized spacial score (nSPS) is 11.9. The zero-order valence-electron chi connectivity index (χ0n) is 15.9. The number of aromatic amines is 1. The molecule has 2 aromatic heterocycles. The molecule has 0 bridgehead atoms. The monoisotopic (exact) mass is 390 g/mol. The summed E-state index contributed by atoms with van der Waals surface area (Å²) in [7, 11) is 0. The molecule has 2 N–H and O–H groups in total. The Morgan fingerprint density at radius 3 is 2.81 bits per heavy atom. The minimum absolute atomic E-state index is 0.108. The Kier molecular flexibility index (Phi) is 5.15. The number of carbonyl (C=O) groups excluding carboxylic acids is 1. The second-order valence-corrected chi connectivity index (χ2v) is 7.91. The molecule has 0 aliphatic rings. The lowest BCUT2D eigenvalue weighted by Gasteiger charge is -2.19. The number of aryl methyl sites for hydroxylation is 2. The Bertz CT molecular complexity index is 1060. The predicted molar refractivity (Wildman–Crippen MR) is 106 cm³/mol. The number of H-pyrrole nitrogens is 1. The van der Waals surface area contributed by atoms with Crippen LogP contribution in [-0.4, -0.2) is 33.0 Å². The fraction of sp³-hybridized carbons (Fsp3) is 0.421. The Morgan fingerprint density at radius 2 is 2.11 bits per heavy atom. The summed E-state index contributed by atoms with van der Waals surface area (Å²) >= 11 is 6.15. The minimum Gasteiger partial charge on any atom is -0.444 e. The molecule has 3 aromatic rings. The highest BCUT2D eigenvalue weighted by Crippen LogP contribution is 2.25. The SMILES string of the molecule is Cc1[nH]nc2c1c(=O)n(CCCNC(=O)OC(C)(C)C)c1ccc(Cl)cc21. The van der Waals surface area contributed by atoms with Crippen molar-refractivity contribution < 1.29 is 9.53 Å². The summed E-state index contributed by atoms with van der Waals surface area (Å²) in [4.78, 5) is 24.7. The molecule has 27 heavy (non-hydrogen) atoms. The van der Waals surface area contributed by atoms with Gasteiger partial charge in [-0.25, -0.2) is 4.79 Å². The van der Waals surface area contributed by atoms with Crippen molar-refractivity contribution in [3.63, 3.8) is 0 Å². The zero-order chi connectivity index (χ0) is 19.8. The van der Waals surface area contributed by atoms with Gasteiger partial charge in [0.25, 0.3) is 5.56 Å². The maximum Gasteiger partial charge on any atom is 0.407 e. The molecule has 0 fully saturated rings. The molecule has 0 saturated heterocycles. The predicted octanol–water partition coefficient (Wildman–Crippen LogP) is 3.75. The van der Waals surface area contributed by atoms with E-state index in [1.165, 1.54) is 0 Å². The summed E-state index contributed by atoms with van der Waals surface area (Å²) in [5.74, 6) is 0. The van der Waals surface area contributed by atoms with E-state index in [0.717, 1.165) is 16.6 Å². The number of aromatic nitrogens is 3. The Morgan fingerprint density at radius 1 is 1.37 bits per heavy atom. The van der Waals surface area contributed by atoms with Crippen LogP contribution in [0.5, 0.6) is 0 Å². The van der Waals surface area contributed by atoms with Gasteiger partial charge in [-0.1, -0.05) is 11.6 Å². The first-order chi connectivity index (χ1) is 12.7. The Balaban J connectivity index is 1.85. The zero-order valence-corrected chi connectivity index (χ0v) is 16.6. The van der Waals surface area contributed by atoms with Crippen molar-refractivity contribution >= 4 is 39.5 Å². The van der Waals surface area contributed by atoms with E-state index in [9.17, 15) is 9.59 Å². The summed E-state index contributed by atoms with van der Waals surface area (Å²) in [6, 6.07) is 5.39. The highest BCUT2D eigenvalue weighted by molar-refractivity contribution is 6.31. The fourth-order valence-electron chi connectivity index (χ4n) is 3.03. The summed E-state index contributed by atoms with van der Waals surface area (Å²) in [5.41, 5.74) is 1.46. The van der Waals surface area contributed by atoms with E-state index in [4.69, 9.17) is 16.3 Å². The van der Waals surface area contributed by atoms with Crippen molar-refractivity contribution in [1.82, 2.24) is 20.1 Å². The highest BCUT2D eigenvalue weighted by Gasteiger charge is 2.17. The number of alkyl carbamates (subject to hydrolysis) is 1. The van der Waals surface area contributed by atoms with Crippen LogP contribution < -0.4 is 10.9 Å². The molecule has 1 amide bonds. The van der Waals surface area contributed by atoms with Crippen molar-refractivity contribution in [2.75, 3.05) is 6.54 Å². The molecule has 0 saturated carbocycles. The van der Waals surface area contributed by atoms with Gasteiger partial charge in [0.1, 0.15) is 11.1 Å². The molecule has 144 valence electrons. The van der Waals surface area contributed by atoms with Crippen molar-refractivity contribution in [1.29, 1.82) is 0 Å². The van der Waals surface area contributed by atoms with Gasteiger partial charge in [-0.3, -0.25) is 9.89 Å². The van der Waals surface area contributed by atoms with Gasteiger partial charge in [0, 0.05) is 29.2 Å². The maximum absolute atomic E-state index is 13.0. The molecule has 0 atom stereocenters. The summed E-state index contributed by atoms with van der Waals surface area (Å²) in [6.45, 7) is 8.11. The third-order valence-electron chi connectivity index (χ3n) is 4.14. The number of hydrogen-bond acceptors (Lipinski definition) is 4. The van der Waals surface area contributed by atoms with Crippen LogP contribution in [0.1, 0.15) is 32.9 Å². The number of fused-ring (bicyclic) bond motifs is 3. The lowest BCUT2D eigenvalue weighted by Crippen LogP contribution is -2.33. The van der Waals surface area contributed by atoms with Crippen LogP contribution >= 0.6 is 11.6 Å². The first kappa shape index (κ1) is 19.2. The van der Waals surface area contributed by atoms with Crippen LogP contribution in [0.15, 0.2) is 23.0 Å². The van der Waals surface area contributed by atoms with Crippen LogP contribution in [0.25, 0.3) is 21.8 Å². The quantitative estimate of drug-likeness (QED) is 0.664. The lowest BCUT2D eigenvalue weighted by molar-refractivity contribution is 0.0526. The molecule has 8 heteroatoms. The standard InChI is InChI=1S/C19H23ClN4O3/c1-11-15-16(23-22-11)13-10-12(20)6-7-14(13)24(17(15)25)9-5-8-21-18(26)27-19(2,3)4/h6-7,10H,5,8-9H2,1-4H3,(H,21,26)(H,22,23). The van der Waals surface area contributed by atoms with Crippen LogP contribution in [0.3, 0.4) is 0 Å². The van der Waals surface area contributed by atoms with Gasteiger partial charge < -0.3 is 14.6 Å². The Labute approximate surface area is 161 Å². The molecular formula is C19H23ClN4O3. The van der Waals surface area contributed by atoms with Crippen LogP contribution in [-0.2, 0) is 11.3 Å². The Hall–Kier alpha value is -2.54. The minimum atomic E-state index is -0.541. The number of rotatable bonds is 4. The third kappa shape index (κ3) is 4.08. The maximum atomic E-state index is 13.0. The van der Waals surface area contributed by atoms with E-state index >= 15 is 0 Å². The summed E-state index contributed by atoms with van der Waals surface area (Å²) in [6.07, 6.45) is 0.117. The number of ether oxygens (including phenoxy) is 1. The number of pyridine rings is 1. The van der Waals surface area contributed by atoms with E-state index in [0.29, 0.717) is 35.4 Å². The van der Waals surface area contributed by atoms with Gasteiger partial charge in [0.05, 0.1) is 10.9 Å². The number of halogens is 1. The van der Waals surface area contributed by atoms with Crippen molar-refractivity contribution in [3.05, 3.63) is 39.3 Å². The molecule has 1 aromatic carbocycles. The van der Waals surface area contributed by atoms with Crippen molar-refractivity contribution in [2.45, 2.75) is 46.3 Å². The molecule has 7 nitrogen and oxygen atoms in total. The van der Waals surface area contributed by atoms with Crippen LogP contribution in [0.2, 0.25) is 5.02 Å².